The first-order valence-corrected chi connectivity index (χ1v) is 9.89. The van der Waals surface area contributed by atoms with E-state index in [0.29, 0.717) is 24.2 Å². The van der Waals surface area contributed by atoms with Crippen molar-refractivity contribution in [2.24, 2.45) is 0 Å². The molecule has 0 radical (unpaired) electrons. The van der Waals surface area contributed by atoms with E-state index in [1.54, 1.807) is 6.07 Å². The first-order chi connectivity index (χ1) is 12.8. The normalized spacial score (nSPS) is 13.4. The third-order valence-electron chi connectivity index (χ3n) is 4.44. The number of hydrogen-bond acceptors (Lipinski definition) is 6. The number of fused-ring (bicyclic) bond motifs is 1. The average molecular weight is 390 g/mol. The van der Waals surface area contributed by atoms with Crippen molar-refractivity contribution in [2.75, 3.05) is 30.9 Å². The van der Waals surface area contributed by atoms with Gasteiger partial charge in [-0.3, -0.25) is 14.9 Å². The van der Waals surface area contributed by atoms with Crippen molar-refractivity contribution in [1.82, 2.24) is 0 Å². The fraction of sp³-hybridized carbons (Fsp3) is 0.278. The van der Waals surface area contributed by atoms with Gasteiger partial charge in [0.15, 0.2) is 9.84 Å². The summed E-state index contributed by atoms with van der Waals surface area (Å²) in [5, 5.41) is 11.0. The Hall–Kier alpha value is -2.78. The van der Waals surface area contributed by atoms with Crippen molar-refractivity contribution in [1.29, 1.82) is 0 Å². The van der Waals surface area contributed by atoms with Gasteiger partial charge in [-0.1, -0.05) is 6.07 Å². The van der Waals surface area contributed by atoms with Crippen molar-refractivity contribution in [3.05, 3.63) is 63.7 Å². The fourth-order valence-electron chi connectivity index (χ4n) is 2.96. The number of nitrogens with zero attached hydrogens (tertiary/aromatic N) is 2. The first-order valence-electron chi connectivity index (χ1n) is 8.24. The molecule has 27 heavy (non-hydrogen) atoms. The molecule has 0 aliphatic carbocycles. The molecule has 9 heteroatoms. The summed E-state index contributed by atoms with van der Waals surface area (Å²) in [6.07, 6.45) is 0.614. The summed E-state index contributed by atoms with van der Waals surface area (Å²) < 4.78 is 29.1. The molecule has 0 saturated carbocycles. The van der Waals surface area contributed by atoms with Crippen LogP contribution in [0.15, 0.2) is 47.4 Å². The number of nitro benzene ring substituents is 1. The molecule has 142 valence electrons. The van der Waals surface area contributed by atoms with E-state index in [0.717, 1.165) is 5.56 Å². The van der Waals surface area contributed by atoms with E-state index in [1.807, 2.05) is 0 Å². The molecule has 0 atom stereocenters. The summed E-state index contributed by atoms with van der Waals surface area (Å²) in [7, 11) is -2.05. The van der Waals surface area contributed by atoms with Gasteiger partial charge in [0, 0.05) is 31.4 Å². The van der Waals surface area contributed by atoms with Crippen LogP contribution in [0.4, 0.5) is 11.4 Å². The predicted octanol–water partition coefficient (Wildman–Crippen LogP) is 2.22. The third kappa shape index (κ3) is 3.83. The molecule has 0 bridgehead atoms. The van der Waals surface area contributed by atoms with Gasteiger partial charge in [-0.05, 0) is 36.2 Å². The predicted molar refractivity (Wildman–Crippen MR) is 98.8 cm³/mol. The topological polar surface area (TPSA) is 107 Å². The molecule has 0 unspecified atom stereocenters. The molecular formula is C18H18N2O6S. The first kappa shape index (κ1) is 19.0. The third-order valence-corrected chi connectivity index (χ3v) is 6.13. The lowest BCUT2D eigenvalue weighted by Gasteiger charge is -2.17. The van der Waals surface area contributed by atoms with Crippen molar-refractivity contribution in [3.8, 4) is 0 Å². The largest absolute Gasteiger partial charge is 0.384 e. The highest BCUT2D eigenvalue weighted by molar-refractivity contribution is 7.91. The maximum Gasteiger partial charge on any atom is 0.271 e. The SMILES string of the molecule is COCCS(=O)(=O)c1ccc(C(=O)N2CCc3ccc([N+](=O)[O-])cc32)cc1. The molecule has 2 aromatic rings. The molecule has 2 aromatic carbocycles. The second kappa shape index (κ2) is 7.45. The minimum absolute atomic E-state index is 0.0759. The van der Waals surface area contributed by atoms with E-state index in [1.165, 1.54) is 48.4 Å². The van der Waals surface area contributed by atoms with E-state index in [2.05, 4.69) is 0 Å². The van der Waals surface area contributed by atoms with E-state index in [-0.39, 0.29) is 28.8 Å². The monoisotopic (exact) mass is 390 g/mol. The lowest BCUT2D eigenvalue weighted by atomic mass is 10.1. The number of carbonyl (C=O) groups is 1. The number of anilines is 1. The minimum Gasteiger partial charge on any atom is -0.384 e. The van der Waals surface area contributed by atoms with Crippen LogP contribution in [0, 0.1) is 10.1 Å². The molecule has 1 heterocycles. The van der Waals surface area contributed by atoms with Crippen molar-refractivity contribution >= 4 is 27.1 Å². The number of carbonyl (C=O) groups excluding carboxylic acids is 1. The van der Waals surface area contributed by atoms with Crippen LogP contribution in [0.5, 0.6) is 0 Å². The Kier molecular flexibility index (Phi) is 5.24. The summed E-state index contributed by atoms with van der Waals surface area (Å²) in [6.45, 7) is 0.510. The van der Waals surface area contributed by atoms with E-state index in [4.69, 9.17) is 4.74 Å². The summed E-state index contributed by atoms with van der Waals surface area (Å²) in [6, 6.07) is 10.2. The lowest BCUT2D eigenvalue weighted by Crippen LogP contribution is -2.28. The Morgan fingerprint density at radius 1 is 1.22 bits per heavy atom. The van der Waals surface area contributed by atoms with Crippen LogP contribution in [0.2, 0.25) is 0 Å². The van der Waals surface area contributed by atoms with Crippen LogP contribution in [0.1, 0.15) is 15.9 Å². The van der Waals surface area contributed by atoms with E-state index < -0.39 is 14.8 Å². The Morgan fingerprint density at radius 3 is 2.56 bits per heavy atom. The Balaban J connectivity index is 1.84. The fourth-order valence-corrected chi connectivity index (χ4v) is 4.14. The number of hydrogen-bond donors (Lipinski definition) is 0. The number of non-ortho nitro benzene ring substituents is 1. The van der Waals surface area contributed by atoms with E-state index >= 15 is 0 Å². The zero-order valence-corrected chi connectivity index (χ0v) is 15.4. The molecule has 3 rings (SSSR count). The maximum atomic E-state index is 12.8. The number of rotatable bonds is 6. The van der Waals surface area contributed by atoms with Gasteiger partial charge < -0.3 is 9.64 Å². The number of benzene rings is 2. The molecule has 0 aromatic heterocycles. The van der Waals surface area contributed by atoms with Crippen molar-refractivity contribution in [3.63, 3.8) is 0 Å². The van der Waals surface area contributed by atoms with Gasteiger partial charge in [0.05, 0.1) is 27.9 Å². The molecule has 0 fully saturated rings. The number of sulfone groups is 1. The summed E-state index contributed by atoms with van der Waals surface area (Å²) in [4.78, 5) is 24.9. The number of ether oxygens (including phenoxy) is 1. The minimum atomic E-state index is -3.47. The van der Waals surface area contributed by atoms with E-state index in [9.17, 15) is 23.3 Å². The van der Waals surface area contributed by atoms with Gasteiger partial charge in [0.25, 0.3) is 11.6 Å². The van der Waals surface area contributed by atoms with Gasteiger partial charge in [-0.15, -0.1) is 0 Å². The van der Waals surface area contributed by atoms with Crippen LogP contribution in [0.25, 0.3) is 0 Å². The second-order valence-electron chi connectivity index (χ2n) is 6.11. The number of amides is 1. The highest BCUT2D eigenvalue weighted by Crippen LogP contribution is 2.32. The molecule has 1 aliphatic heterocycles. The maximum absolute atomic E-state index is 12.8. The Labute approximate surface area is 156 Å². The Bertz CT molecular complexity index is 985. The van der Waals surface area contributed by atoms with Gasteiger partial charge >= 0.3 is 0 Å². The second-order valence-corrected chi connectivity index (χ2v) is 8.22. The van der Waals surface area contributed by atoms with Crippen LogP contribution in [-0.2, 0) is 21.0 Å². The summed E-state index contributed by atoms with van der Waals surface area (Å²) in [5.41, 5.74) is 1.63. The summed E-state index contributed by atoms with van der Waals surface area (Å²) >= 11 is 0. The molecule has 8 nitrogen and oxygen atoms in total. The average Bonchev–Trinajstić information content (AvgIpc) is 3.09. The van der Waals surface area contributed by atoms with Crippen LogP contribution in [-0.4, -0.2) is 45.3 Å². The molecule has 0 N–H and O–H groups in total. The van der Waals surface area contributed by atoms with Gasteiger partial charge in [-0.25, -0.2) is 8.42 Å². The molecular weight excluding hydrogens is 372 g/mol. The smallest absolute Gasteiger partial charge is 0.271 e. The van der Waals surface area contributed by atoms with Crippen LogP contribution in [0.3, 0.4) is 0 Å². The molecule has 0 saturated heterocycles. The van der Waals surface area contributed by atoms with Crippen LogP contribution >= 0.6 is 0 Å². The Morgan fingerprint density at radius 2 is 1.93 bits per heavy atom. The highest BCUT2D eigenvalue weighted by atomic mass is 32.2. The zero-order chi connectivity index (χ0) is 19.6. The zero-order valence-electron chi connectivity index (χ0n) is 14.6. The summed E-state index contributed by atoms with van der Waals surface area (Å²) in [5.74, 6) is -0.463. The number of nitro groups is 1. The van der Waals surface area contributed by atoms with Crippen LogP contribution < -0.4 is 4.90 Å². The van der Waals surface area contributed by atoms with Crippen molar-refractivity contribution < 1.29 is 22.9 Å². The van der Waals surface area contributed by atoms with Gasteiger partial charge in [-0.2, -0.15) is 0 Å². The lowest BCUT2D eigenvalue weighted by molar-refractivity contribution is -0.384. The molecule has 1 amide bonds. The number of methoxy groups -OCH3 is 1. The standard InChI is InChI=1S/C18H18N2O6S/c1-26-10-11-27(24,25)16-6-3-14(4-7-16)18(21)19-9-8-13-2-5-15(20(22)23)12-17(13)19/h2-7,12H,8-11H2,1H3. The van der Waals surface area contributed by atoms with Gasteiger partial charge in [0.1, 0.15) is 0 Å². The highest BCUT2D eigenvalue weighted by Gasteiger charge is 2.27. The van der Waals surface area contributed by atoms with Gasteiger partial charge in [0.2, 0.25) is 0 Å². The quantitative estimate of drug-likeness (QED) is 0.553. The van der Waals surface area contributed by atoms with Crippen molar-refractivity contribution in [2.45, 2.75) is 11.3 Å². The molecule has 1 aliphatic rings. The molecule has 0 spiro atoms.